The lowest BCUT2D eigenvalue weighted by Gasteiger charge is -2.15. The molecule has 0 radical (unpaired) electrons. The summed E-state index contributed by atoms with van der Waals surface area (Å²) in [6.45, 7) is 3.58. The van der Waals surface area contributed by atoms with Crippen molar-refractivity contribution in [1.82, 2.24) is 0 Å². The van der Waals surface area contributed by atoms with Gasteiger partial charge in [0, 0.05) is 23.4 Å². The lowest BCUT2D eigenvalue weighted by atomic mass is 10.1. The van der Waals surface area contributed by atoms with E-state index < -0.39 is 9.84 Å². The minimum Gasteiger partial charge on any atom is -0.497 e. The van der Waals surface area contributed by atoms with Gasteiger partial charge in [-0.3, -0.25) is 0 Å². The van der Waals surface area contributed by atoms with Crippen molar-refractivity contribution in [2.75, 3.05) is 25.2 Å². The fraction of sp³-hybridized carbons (Fsp3) is 0.538. The van der Waals surface area contributed by atoms with Gasteiger partial charge in [-0.25, -0.2) is 8.42 Å². The van der Waals surface area contributed by atoms with Crippen molar-refractivity contribution in [3.05, 3.63) is 23.8 Å². The van der Waals surface area contributed by atoms with E-state index in [1.165, 1.54) is 0 Å². The number of sulfone groups is 1. The Labute approximate surface area is 114 Å². The minimum atomic E-state index is -3.03. The van der Waals surface area contributed by atoms with Crippen molar-refractivity contribution in [3.63, 3.8) is 0 Å². The van der Waals surface area contributed by atoms with E-state index >= 15 is 0 Å². The molecular formula is C13H21NO4S. The van der Waals surface area contributed by atoms with Gasteiger partial charge in [0.1, 0.15) is 18.1 Å². The third-order valence-corrected chi connectivity index (χ3v) is 4.47. The molecule has 0 heterocycles. The Morgan fingerprint density at radius 1 is 1.37 bits per heavy atom. The lowest BCUT2D eigenvalue weighted by Crippen LogP contribution is -2.17. The SMILES string of the molecule is CCS(=O)(=O)CCOc1cc(OC)ccc1[C@@H](C)N. The second kappa shape index (κ2) is 6.77. The molecular weight excluding hydrogens is 266 g/mol. The van der Waals surface area contributed by atoms with Gasteiger partial charge < -0.3 is 15.2 Å². The van der Waals surface area contributed by atoms with Gasteiger partial charge in [-0.2, -0.15) is 0 Å². The fourth-order valence-corrected chi connectivity index (χ4v) is 2.19. The van der Waals surface area contributed by atoms with Crippen LogP contribution in [0, 0.1) is 0 Å². The maximum absolute atomic E-state index is 11.4. The Kier molecular flexibility index (Phi) is 5.62. The van der Waals surface area contributed by atoms with Gasteiger partial charge in [-0.1, -0.05) is 13.0 Å². The summed E-state index contributed by atoms with van der Waals surface area (Å²) in [5, 5.41) is 0. The van der Waals surface area contributed by atoms with Gasteiger partial charge in [0.2, 0.25) is 0 Å². The van der Waals surface area contributed by atoms with Crippen LogP contribution in [0.5, 0.6) is 11.5 Å². The highest BCUT2D eigenvalue weighted by atomic mass is 32.2. The van der Waals surface area contributed by atoms with Gasteiger partial charge in [0.05, 0.1) is 12.9 Å². The molecule has 0 aliphatic heterocycles. The minimum absolute atomic E-state index is 0.000891. The van der Waals surface area contributed by atoms with Gasteiger partial charge in [-0.15, -0.1) is 0 Å². The molecule has 0 saturated heterocycles. The van der Waals surface area contributed by atoms with Crippen molar-refractivity contribution >= 4 is 9.84 Å². The Morgan fingerprint density at radius 2 is 2.05 bits per heavy atom. The number of benzene rings is 1. The van der Waals surface area contributed by atoms with Crippen LogP contribution >= 0.6 is 0 Å². The second-order valence-electron chi connectivity index (χ2n) is 4.28. The zero-order chi connectivity index (χ0) is 14.5. The van der Waals surface area contributed by atoms with E-state index in [0.29, 0.717) is 11.5 Å². The van der Waals surface area contributed by atoms with Crippen LogP contribution < -0.4 is 15.2 Å². The number of ether oxygens (including phenoxy) is 2. The topological polar surface area (TPSA) is 78.6 Å². The summed E-state index contributed by atoms with van der Waals surface area (Å²) < 4.78 is 33.5. The van der Waals surface area contributed by atoms with Gasteiger partial charge in [-0.05, 0) is 13.0 Å². The van der Waals surface area contributed by atoms with Crippen LogP contribution in [0.2, 0.25) is 0 Å². The fourth-order valence-electron chi connectivity index (χ4n) is 1.57. The lowest BCUT2D eigenvalue weighted by molar-refractivity contribution is 0.331. The number of methoxy groups -OCH3 is 1. The van der Waals surface area contributed by atoms with Gasteiger partial charge in [0.25, 0.3) is 0 Å². The van der Waals surface area contributed by atoms with Gasteiger partial charge in [0.15, 0.2) is 9.84 Å². The molecule has 0 aliphatic rings. The smallest absolute Gasteiger partial charge is 0.153 e. The zero-order valence-corrected chi connectivity index (χ0v) is 12.4. The van der Waals surface area contributed by atoms with E-state index in [9.17, 15) is 8.42 Å². The van der Waals surface area contributed by atoms with E-state index in [1.54, 1.807) is 26.2 Å². The molecule has 0 saturated carbocycles. The molecule has 0 aromatic heterocycles. The van der Waals surface area contributed by atoms with Crippen LogP contribution in [0.1, 0.15) is 25.5 Å². The van der Waals surface area contributed by atoms with Crippen LogP contribution in [-0.4, -0.2) is 33.6 Å². The molecule has 0 bridgehead atoms. The molecule has 0 fully saturated rings. The van der Waals surface area contributed by atoms with E-state index in [1.807, 2.05) is 13.0 Å². The van der Waals surface area contributed by atoms with Crippen LogP contribution in [0.3, 0.4) is 0 Å². The van der Waals surface area contributed by atoms with Crippen LogP contribution in [-0.2, 0) is 9.84 Å². The van der Waals surface area contributed by atoms with Crippen molar-refractivity contribution in [3.8, 4) is 11.5 Å². The molecule has 6 heteroatoms. The summed E-state index contributed by atoms with van der Waals surface area (Å²) in [7, 11) is -1.46. The molecule has 0 unspecified atom stereocenters. The highest BCUT2D eigenvalue weighted by molar-refractivity contribution is 7.91. The molecule has 1 rings (SSSR count). The molecule has 0 amide bonds. The molecule has 2 N–H and O–H groups in total. The Bertz CT molecular complexity index is 511. The van der Waals surface area contributed by atoms with Crippen molar-refractivity contribution < 1.29 is 17.9 Å². The Balaban J connectivity index is 2.81. The molecule has 1 aromatic carbocycles. The standard InChI is InChI=1S/C13H21NO4S/c1-4-19(15,16)8-7-18-13-9-11(17-3)5-6-12(13)10(2)14/h5-6,9-10H,4,7-8,14H2,1-3H3/t10-/m1/s1. The first-order valence-corrected chi connectivity index (χ1v) is 7.98. The largest absolute Gasteiger partial charge is 0.497 e. The average Bonchev–Trinajstić information content (AvgIpc) is 2.38. The number of hydrogen-bond acceptors (Lipinski definition) is 5. The quantitative estimate of drug-likeness (QED) is 0.822. The molecule has 5 nitrogen and oxygen atoms in total. The summed E-state index contributed by atoms with van der Waals surface area (Å²) in [5.74, 6) is 1.34. The zero-order valence-electron chi connectivity index (χ0n) is 11.5. The normalized spacial score (nSPS) is 13.1. The number of hydrogen-bond donors (Lipinski definition) is 1. The summed E-state index contributed by atoms with van der Waals surface area (Å²) >= 11 is 0. The van der Waals surface area contributed by atoms with Crippen molar-refractivity contribution in [2.45, 2.75) is 19.9 Å². The van der Waals surface area contributed by atoms with Crippen LogP contribution in [0.4, 0.5) is 0 Å². The van der Waals surface area contributed by atoms with E-state index in [-0.39, 0.29) is 24.2 Å². The third-order valence-electron chi connectivity index (χ3n) is 2.80. The number of rotatable bonds is 7. The molecule has 108 valence electrons. The molecule has 0 aliphatic carbocycles. The monoisotopic (exact) mass is 287 g/mol. The Hall–Kier alpha value is -1.27. The first-order chi connectivity index (χ1) is 8.89. The maximum atomic E-state index is 11.4. The average molecular weight is 287 g/mol. The predicted molar refractivity (Wildman–Crippen MR) is 75.4 cm³/mol. The van der Waals surface area contributed by atoms with Crippen molar-refractivity contribution in [2.24, 2.45) is 5.73 Å². The highest BCUT2D eigenvalue weighted by Crippen LogP contribution is 2.28. The number of nitrogens with two attached hydrogens (primary N) is 1. The summed E-state index contributed by atoms with van der Waals surface area (Å²) in [6.07, 6.45) is 0. The van der Waals surface area contributed by atoms with Crippen LogP contribution in [0.15, 0.2) is 18.2 Å². The molecule has 0 spiro atoms. The van der Waals surface area contributed by atoms with Crippen molar-refractivity contribution in [1.29, 1.82) is 0 Å². The van der Waals surface area contributed by atoms with Gasteiger partial charge >= 0.3 is 0 Å². The predicted octanol–water partition coefficient (Wildman–Crippen LogP) is 1.53. The second-order valence-corrected chi connectivity index (χ2v) is 6.75. The molecule has 1 atom stereocenters. The molecule has 1 aromatic rings. The summed E-state index contributed by atoms with van der Waals surface area (Å²) in [6, 6.07) is 5.15. The van der Waals surface area contributed by atoms with E-state index in [4.69, 9.17) is 15.2 Å². The summed E-state index contributed by atoms with van der Waals surface area (Å²) in [4.78, 5) is 0. The maximum Gasteiger partial charge on any atom is 0.153 e. The summed E-state index contributed by atoms with van der Waals surface area (Å²) in [5.41, 5.74) is 6.68. The first-order valence-electron chi connectivity index (χ1n) is 6.16. The third kappa shape index (κ3) is 4.72. The first kappa shape index (κ1) is 15.8. The highest BCUT2D eigenvalue weighted by Gasteiger charge is 2.12. The van der Waals surface area contributed by atoms with Crippen LogP contribution in [0.25, 0.3) is 0 Å². The van der Waals surface area contributed by atoms with E-state index in [0.717, 1.165) is 5.56 Å². The van der Waals surface area contributed by atoms with E-state index in [2.05, 4.69) is 0 Å². The molecule has 19 heavy (non-hydrogen) atoms. The Morgan fingerprint density at radius 3 is 2.58 bits per heavy atom.